The van der Waals surface area contributed by atoms with Gasteiger partial charge in [0.25, 0.3) is 0 Å². The third-order valence-electron chi connectivity index (χ3n) is 3.15. The number of hydrogen-bond acceptors (Lipinski definition) is 2. The zero-order chi connectivity index (χ0) is 14.5. The molecule has 2 aromatic rings. The fraction of sp³-hybridized carbons (Fsp3) is 0.267. The van der Waals surface area contributed by atoms with Crippen LogP contribution in [0, 0.1) is 5.82 Å². The normalized spacial score (nSPS) is 12.4. The molecule has 2 rings (SSSR count). The molecule has 1 heterocycles. The van der Waals surface area contributed by atoms with Gasteiger partial charge in [-0.15, -0.1) is 0 Å². The van der Waals surface area contributed by atoms with Gasteiger partial charge in [-0.3, -0.25) is 4.98 Å². The Morgan fingerprint density at radius 1 is 1.35 bits per heavy atom. The highest BCUT2D eigenvalue weighted by Crippen LogP contribution is 2.20. The van der Waals surface area contributed by atoms with Crippen molar-refractivity contribution in [2.24, 2.45) is 0 Å². The largest absolute Gasteiger partial charge is 0.316 e. The molecule has 1 atom stereocenters. The molecule has 1 unspecified atom stereocenters. The summed E-state index contributed by atoms with van der Waals surface area (Å²) in [6.45, 7) is 0. The topological polar surface area (TPSA) is 24.9 Å². The number of halogens is 3. The van der Waals surface area contributed by atoms with E-state index >= 15 is 0 Å². The number of aromatic nitrogens is 1. The number of nitrogens with one attached hydrogen (secondary N) is 1. The van der Waals surface area contributed by atoms with Crippen LogP contribution in [0.1, 0.15) is 11.1 Å². The van der Waals surface area contributed by atoms with E-state index in [4.69, 9.17) is 11.6 Å². The predicted octanol–water partition coefficient (Wildman–Crippen LogP) is 4.01. The number of rotatable bonds is 5. The molecule has 1 aromatic heterocycles. The van der Waals surface area contributed by atoms with Crippen molar-refractivity contribution in [3.8, 4) is 0 Å². The van der Waals surface area contributed by atoms with Crippen LogP contribution in [0.4, 0.5) is 4.39 Å². The number of benzene rings is 1. The number of pyridine rings is 1. The molecule has 0 bridgehead atoms. The molecular formula is C15H15BrClFN2. The summed E-state index contributed by atoms with van der Waals surface area (Å²) in [6, 6.07) is 7.25. The molecule has 20 heavy (non-hydrogen) atoms. The van der Waals surface area contributed by atoms with Crippen molar-refractivity contribution in [3.05, 3.63) is 63.1 Å². The van der Waals surface area contributed by atoms with Gasteiger partial charge in [0.1, 0.15) is 5.82 Å². The second kappa shape index (κ2) is 7.16. The molecule has 5 heteroatoms. The summed E-state index contributed by atoms with van der Waals surface area (Å²) in [5.41, 5.74) is 1.72. The van der Waals surface area contributed by atoms with E-state index in [1.165, 1.54) is 0 Å². The Kier molecular flexibility index (Phi) is 5.52. The van der Waals surface area contributed by atoms with E-state index in [1.54, 1.807) is 24.4 Å². The minimum absolute atomic E-state index is 0.124. The molecule has 0 spiro atoms. The van der Waals surface area contributed by atoms with Gasteiger partial charge in [0, 0.05) is 22.9 Å². The lowest BCUT2D eigenvalue weighted by Gasteiger charge is -2.17. The molecule has 0 aliphatic rings. The summed E-state index contributed by atoms with van der Waals surface area (Å²) in [6.07, 6.45) is 4.92. The first-order valence-corrected chi connectivity index (χ1v) is 7.47. The molecular weight excluding hydrogens is 343 g/mol. The van der Waals surface area contributed by atoms with E-state index in [-0.39, 0.29) is 16.9 Å². The molecule has 0 aliphatic heterocycles. The van der Waals surface area contributed by atoms with Gasteiger partial charge < -0.3 is 5.32 Å². The fourth-order valence-corrected chi connectivity index (χ4v) is 2.71. The maximum atomic E-state index is 13.9. The van der Waals surface area contributed by atoms with Gasteiger partial charge in [-0.25, -0.2) is 4.39 Å². The SMILES string of the molecule is CNC(Cc1cncc(Br)c1)Cc1cccc(Cl)c1F. The van der Waals surface area contributed by atoms with E-state index in [0.29, 0.717) is 12.0 Å². The highest BCUT2D eigenvalue weighted by molar-refractivity contribution is 9.10. The van der Waals surface area contributed by atoms with Gasteiger partial charge in [0.05, 0.1) is 5.02 Å². The summed E-state index contributed by atoms with van der Waals surface area (Å²) in [7, 11) is 1.87. The average molecular weight is 358 g/mol. The summed E-state index contributed by atoms with van der Waals surface area (Å²) in [5, 5.41) is 3.38. The van der Waals surface area contributed by atoms with Crippen LogP contribution in [0.3, 0.4) is 0 Å². The van der Waals surface area contributed by atoms with Crippen LogP contribution in [0.2, 0.25) is 5.02 Å². The standard InChI is InChI=1S/C15H15BrClFN2/c1-19-13(6-10-5-12(16)9-20-8-10)7-11-3-2-4-14(17)15(11)18/h2-5,8-9,13,19H,6-7H2,1H3. The zero-order valence-electron chi connectivity index (χ0n) is 11.0. The van der Waals surface area contributed by atoms with Crippen molar-refractivity contribution in [2.75, 3.05) is 7.05 Å². The molecule has 0 fully saturated rings. The van der Waals surface area contributed by atoms with Gasteiger partial charge >= 0.3 is 0 Å². The zero-order valence-corrected chi connectivity index (χ0v) is 13.4. The monoisotopic (exact) mass is 356 g/mol. The quantitative estimate of drug-likeness (QED) is 0.874. The Labute approximate surface area is 131 Å². The molecule has 0 aliphatic carbocycles. The second-order valence-corrected chi connectivity index (χ2v) is 5.94. The Balaban J connectivity index is 2.11. The molecule has 1 aromatic carbocycles. The van der Waals surface area contributed by atoms with Gasteiger partial charge in [0.15, 0.2) is 0 Å². The van der Waals surface area contributed by atoms with Crippen molar-refractivity contribution in [1.82, 2.24) is 10.3 Å². The molecule has 0 radical (unpaired) electrons. The first kappa shape index (κ1) is 15.4. The highest BCUT2D eigenvalue weighted by Gasteiger charge is 2.13. The van der Waals surface area contributed by atoms with Crippen molar-refractivity contribution in [3.63, 3.8) is 0 Å². The van der Waals surface area contributed by atoms with Crippen LogP contribution in [0.5, 0.6) is 0 Å². The first-order chi connectivity index (χ1) is 9.60. The fourth-order valence-electron chi connectivity index (χ4n) is 2.10. The lowest BCUT2D eigenvalue weighted by atomic mass is 9.99. The average Bonchev–Trinajstić information content (AvgIpc) is 2.43. The smallest absolute Gasteiger partial charge is 0.145 e. The Morgan fingerprint density at radius 2 is 2.15 bits per heavy atom. The van der Waals surface area contributed by atoms with Crippen LogP contribution in [0.25, 0.3) is 0 Å². The van der Waals surface area contributed by atoms with Crippen LogP contribution in [0.15, 0.2) is 41.1 Å². The van der Waals surface area contributed by atoms with Crippen molar-refractivity contribution < 1.29 is 4.39 Å². The second-order valence-electron chi connectivity index (χ2n) is 4.62. The van der Waals surface area contributed by atoms with Crippen LogP contribution in [-0.2, 0) is 12.8 Å². The van der Waals surface area contributed by atoms with Crippen molar-refractivity contribution in [1.29, 1.82) is 0 Å². The number of likely N-dealkylation sites (N-methyl/N-ethyl adjacent to an activating group) is 1. The van der Waals surface area contributed by atoms with Gasteiger partial charge in [-0.2, -0.15) is 0 Å². The van der Waals surface area contributed by atoms with Crippen molar-refractivity contribution in [2.45, 2.75) is 18.9 Å². The van der Waals surface area contributed by atoms with Gasteiger partial charge in [-0.1, -0.05) is 23.7 Å². The third-order valence-corrected chi connectivity index (χ3v) is 3.88. The summed E-state index contributed by atoms with van der Waals surface area (Å²) < 4.78 is 14.9. The lowest BCUT2D eigenvalue weighted by molar-refractivity contribution is 0.532. The Bertz CT molecular complexity index is 592. The van der Waals surface area contributed by atoms with Crippen LogP contribution >= 0.6 is 27.5 Å². The molecule has 0 amide bonds. The Hall–Kier alpha value is -0.970. The van der Waals surface area contributed by atoms with E-state index in [0.717, 1.165) is 16.5 Å². The number of nitrogens with zero attached hydrogens (tertiary/aromatic N) is 1. The minimum atomic E-state index is -0.332. The van der Waals surface area contributed by atoms with Gasteiger partial charge in [0.2, 0.25) is 0 Å². The van der Waals surface area contributed by atoms with E-state index in [1.807, 2.05) is 19.3 Å². The summed E-state index contributed by atoms with van der Waals surface area (Å²) >= 11 is 9.21. The summed E-state index contributed by atoms with van der Waals surface area (Å²) in [4.78, 5) is 4.14. The van der Waals surface area contributed by atoms with E-state index < -0.39 is 0 Å². The van der Waals surface area contributed by atoms with Crippen LogP contribution in [-0.4, -0.2) is 18.1 Å². The molecule has 106 valence electrons. The van der Waals surface area contributed by atoms with E-state index in [2.05, 4.69) is 26.2 Å². The molecule has 0 saturated carbocycles. The molecule has 1 N–H and O–H groups in total. The van der Waals surface area contributed by atoms with E-state index in [9.17, 15) is 4.39 Å². The summed E-state index contributed by atoms with van der Waals surface area (Å²) in [5.74, 6) is -0.332. The van der Waals surface area contributed by atoms with Crippen LogP contribution < -0.4 is 5.32 Å². The van der Waals surface area contributed by atoms with Crippen molar-refractivity contribution >= 4 is 27.5 Å². The predicted molar refractivity (Wildman–Crippen MR) is 83.6 cm³/mol. The first-order valence-electron chi connectivity index (χ1n) is 6.29. The maximum Gasteiger partial charge on any atom is 0.145 e. The molecule has 0 saturated heterocycles. The Morgan fingerprint density at radius 3 is 2.85 bits per heavy atom. The maximum absolute atomic E-state index is 13.9. The minimum Gasteiger partial charge on any atom is -0.316 e. The lowest BCUT2D eigenvalue weighted by Crippen LogP contribution is -2.30. The molecule has 2 nitrogen and oxygen atoms in total. The number of hydrogen-bond donors (Lipinski definition) is 1. The van der Waals surface area contributed by atoms with Gasteiger partial charge in [-0.05, 0) is 59.1 Å². The third kappa shape index (κ3) is 4.01. The highest BCUT2D eigenvalue weighted by atomic mass is 79.9.